The van der Waals surface area contributed by atoms with E-state index in [1.165, 1.54) is 0 Å². The van der Waals surface area contributed by atoms with Crippen molar-refractivity contribution < 1.29 is 14.3 Å². The smallest absolute Gasteiger partial charge is 0.267 e. The fourth-order valence-corrected chi connectivity index (χ4v) is 2.39. The van der Waals surface area contributed by atoms with Gasteiger partial charge in [-0.1, -0.05) is 11.6 Å². The highest BCUT2D eigenvalue weighted by molar-refractivity contribution is 6.30. The number of nitrogens with zero attached hydrogens (tertiary/aromatic N) is 1. The summed E-state index contributed by atoms with van der Waals surface area (Å²) in [5.74, 6) is 1.28. The summed E-state index contributed by atoms with van der Waals surface area (Å²) in [7, 11) is 1.61. The lowest BCUT2D eigenvalue weighted by Crippen LogP contribution is -2.28. The van der Waals surface area contributed by atoms with E-state index in [0.29, 0.717) is 24.0 Å². The third kappa shape index (κ3) is 3.78. The predicted octanol–water partition coefficient (Wildman–Crippen LogP) is 3.03. The van der Waals surface area contributed by atoms with Crippen molar-refractivity contribution in [3.8, 4) is 11.5 Å². The fourth-order valence-electron chi connectivity index (χ4n) is 2.23. The van der Waals surface area contributed by atoms with Crippen molar-refractivity contribution >= 4 is 28.4 Å². The Kier molecular flexibility index (Phi) is 4.86. The minimum absolute atomic E-state index is 0.208. The molecule has 3 aromatic rings. The number of nitrogens with one attached hydrogen (secondary N) is 2. The summed E-state index contributed by atoms with van der Waals surface area (Å²) in [5.41, 5.74) is 1.22. The Morgan fingerprint density at radius 3 is 2.75 bits per heavy atom. The van der Waals surface area contributed by atoms with Gasteiger partial charge in [-0.25, -0.2) is 4.98 Å². The van der Waals surface area contributed by atoms with Crippen LogP contribution in [0, 0.1) is 0 Å². The van der Waals surface area contributed by atoms with Crippen molar-refractivity contribution in [2.24, 2.45) is 0 Å². The summed E-state index contributed by atoms with van der Waals surface area (Å²) < 4.78 is 10.6. The molecule has 0 spiro atoms. The summed E-state index contributed by atoms with van der Waals surface area (Å²) in [6.45, 7) is 0.755. The van der Waals surface area contributed by atoms with Crippen molar-refractivity contribution in [3.63, 3.8) is 0 Å². The van der Waals surface area contributed by atoms with Crippen LogP contribution in [0.2, 0.25) is 5.15 Å². The Balaban J connectivity index is 1.51. The number of methoxy groups -OCH3 is 1. The Morgan fingerprint density at radius 2 is 2.00 bits per heavy atom. The molecule has 0 aliphatic heterocycles. The molecule has 0 saturated carbocycles. The predicted molar refractivity (Wildman–Crippen MR) is 91.9 cm³/mol. The van der Waals surface area contributed by atoms with Crippen molar-refractivity contribution in [2.45, 2.75) is 0 Å². The zero-order chi connectivity index (χ0) is 16.9. The van der Waals surface area contributed by atoms with E-state index in [1.807, 2.05) is 24.3 Å². The summed E-state index contributed by atoms with van der Waals surface area (Å²) in [6, 6.07) is 10.7. The number of rotatable bonds is 6. The first-order valence-corrected chi connectivity index (χ1v) is 7.73. The highest BCUT2D eigenvalue weighted by Crippen LogP contribution is 2.18. The quantitative estimate of drug-likeness (QED) is 0.532. The molecule has 0 aliphatic rings. The molecule has 0 fully saturated rings. The van der Waals surface area contributed by atoms with Crippen LogP contribution in [-0.2, 0) is 0 Å². The average molecular weight is 346 g/mol. The molecule has 0 atom stereocenters. The van der Waals surface area contributed by atoms with Gasteiger partial charge in [-0.2, -0.15) is 0 Å². The van der Waals surface area contributed by atoms with Crippen LogP contribution in [0.1, 0.15) is 10.5 Å². The number of aromatic amines is 1. The molecule has 1 amide bonds. The number of carbonyl (C=O) groups is 1. The maximum absolute atomic E-state index is 12.1. The van der Waals surface area contributed by atoms with Crippen LogP contribution in [0.4, 0.5) is 0 Å². The van der Waals surface area contributed by atoms with Crippen LogP contribution >= 0.6 is 11.6 Å². The Hall–Kier alpha value is -2.73. The van der Waals surface area contributed by atoms with E-state index in [2.05, 4.69) is 15.3 Å². The number of amides is 1. The number of aromatic nitrogens is 2. The molecule has 24 heavy (non-hydrogen) atoms. The molecular formula is C17H16ClN3O3. The van der Waals surface area contributed by atoms with Gasteiger partial charge in [0, 0.05) is 5.39 Å². The number of fused-ring (bicyclic) bond motifs is 1. The van der Waals surface area contributed by atoms with E-state index in [1.54, 1.807) is 25.4 Å². The summed E-state index contributed by atoms with van der Waals surface area (Å²) >= 11 is 5.84. The molecule has 124 valence electrons. The van der Waals surface area contributed by atoms with Gasteiger partial charge in [0.1, 0.15) is 29.0 Å². The van der Waals surface area contributed by atoms with Crippen LogP contribution in [0.25, 0.3) is 10.9 Å². The molecule has 0 radical (unpaired) electrons. The van der Waals surface area contributed by atoms with Crippen LogP contribution in [0.5, 0.6) is 11.5 Å². The first-order valence-electron chi connectivity index (χ1n) is 7.35. The molecule has 0 unspecified atom stereocenters. The van der Waals surface area contributed by atoms with Crippen molar-refractivity contribution in [2.75, 3.05) is 20.3 Å². The van der Waals surface area contributed by atoms with E-state index >= 15 is 0 Å². The molecule has 3 rings (SSSR count). The fraction of sp³-hybridized carbons (Fsp3) is 0.176. The summed E-state index contributed by atoms with van der Waals surface area (Å²) in [6.07, 6.45) is 1.60. The van der Waals surface area contributed by atoms with E-state index in [0.717, 1.165) is 22.4 Å². The van der Waals surface area contributed by atoms with E-state index in [4.69, 9.17) is 21.1 Å². The largest absolute Gasteiger partial charge is 0.497 e. The van der Waals surface area contributed by atoms with Gasteiger partial charge in [0.2, 0.25) is 0 Å². The Labute approximate surface area is 143 Å². The molecule has 7 heteroatoms. The second kappa shape index (κ2) is 7.23. The van der Waals surface area contributed by atoms with Gasteiger partial charge >= 0.3 is 0 Å². The lowest BCUT2D eigenvalue weighted by atomic mass is 10.3. The molecule has 2 N–H and O–H groups in total. The number of halogens is 1. The van der Waals surface area contributed by atoms with Gasteiger partial charge in [0.05, 0.1) is 25.4 Å². The number of hydrogen-bond acceptors (Lipinski definition) is 4. The minimum Gasteiger partial charge on any atom is -0.497 e. The number of carbonyl (C=O) groups excluding carboxylic acids is 1. The van der Waals surface area contributed by atoms with Gasteiger partial charge in [-0.15, -0.1) is 0 Å². The number of benzene rings is 1. The van der Waals surface area contributed by atoms with E-state index < -0.39 is 0 Å². The molecular weight excluding hydrogens is 330 g/mol. The standard InChI is InChI=1S/C17H16ClN3O3/c1-23-12-2-4-13(5-3-12)24-7-6-19-17(22)14-8-11-9-16(18)20-10-15(11)21-14/h2-5,8-10,21H,6-7H2,1H3,(H,19,22). The third-order valence-corrected chi connectivity index (χ3v) is 3.64. The molecule has 6 nitrogen and oxygen atoms in total. The van der Waals surface area contributed by atoms with Gasteiger partial charge in [0.15, 0.2) is 0 Å². The average Bonchev–Trinajstić information content (AvgIpc) is 3.02. The van der Waals surface area contributed by atoms with Gasteiger partial charge in [-0.05, 0) is 36.4 Å². The second-order valence-electron chi connectivity index (χ2n) is 5.06. The number of hydrogen-bond donors (Lipinski definition) is 2. The molecule has 0 saturated heterocycles. The summed E-state index contributed by atoms with van der Waals surface area (Å²) in [4.78, 5) is 19.1. The first-order chi connectivity index (χ1) is 11.7. The molecule has 1 aromatic carbocycles. The number of ether oxygens (including phenoxy) is 2. The maximum Gasteiger partial charge on any atom is 0.267 e. The molecule has 0 aliphatic carbocycles. The lowest BCUT2D eigenvalue weighted by Gasteiger charge is -2.07. The van der Waals surface area contributed by atoms with Crippen molar-refractivity contribution in [1.82, 2.24) is 15.3 Å². The SMILES string of the molecule is COc1ccc(OCCNC(=O)c2cc3cc(Cl)ncc3[nH]2)cc1. The monoisotopic (exact) mass is 345 g/mol. The van der Waals surface area contributed by atoms with Crippen molar-refractivity contribution in [3.05, 3.63) is 53.4 Å². The highest BCUT2D eigenvalue weighted by atomic mass is 35.5. The zero-order valence-electron chi connectivity index (χ0n) is 13.0. The van der Waals surface area contributed by atoms with Gasteiger partial charge in [0.25, 0.3) is 5.91 Å². The normalized spacial score (nSPS) is 10.6. The maximum atomic E-state index is 12.1. The zero-order valence-corrected chi connectivity index (χ0v) is 13.8. The summed E-state index contributed by atoms with van der Waals surface area (Å²) in [5, 5.41) is 4.03. The van der Waals surface area contributed by atoms with E-state index in [-0.39, 0.29) is 5.91 Å². The topological polar surface area (TPSA) is 76.2 Å². The van der Waals surface area contributed by atoms with Crippen LogP contribution in [0.3, 0.4) is 0 Å². The number of pyridine rings is 1. The van der Waals surface area contributed by atoms with Crippen molar-refractivity contribution in [1.29, 1.82) is 0 Å². The Morgan fingerprint density at radius 1 is 1.25 bits per heavy atom. The molecule has 2 aromatic heterocycles. The van der Waals surface area contributed by atoms with E-state index in [9.17, 15) is 4.79 Å². The van der Waals surface area contributed by atoms with Crippen LogP contribution < -0.4 is 14.8 Å². The van der Waals surface area contributed by atoms with Gasteiger partial charge in [-0.3, -0.25) is 4.79 Å². The first kappa shape index (κ1) is 16.1. The second-order valence-corrected chi connectivity index (χ2v) is 5.44. The van der Waals surface area contributed by atoms with Crippen LogP contribution in [-0.4, -0.2) is 36.1 Å². The molecule has 2 heterocycles. The van der Waals surface area contributed by atoms with Crippen LogP contribution in [0.15, 0.2) is 42.6 Å². The Bertz CT molecular complexity index is 846. The molecule has 0 bridgehead atoms. The lowest BCUT2D eigenvalue weighted by molar-refractivity contribution is 0.0943. The number of H-pyrrole nitrogens is 1. The highest BCUT2D eigenvalue weighted by Gasteiger charge is 2.09. The third-order valence-electron chi connectivity index (χ3n) is 3.43. The van der Waals surface area contributed by atoms with Gasteiger partial charge < -0.3 is 19.8 Å². The minimum atomic E-state index is -0.208.